The fourth-order valence-corrected chi connectivity index (χ4v) is 2.15. The highest BCUT2D eigenvalue weighted by Crippen LogP contribution is 2.24. The second-order valence-corrected chi connectivity index (χ2v) is 6.62. The predicted octanol–water partition coefficient (Wildman–Crippen LogP) is 4.64. The summed E-state index contributed by atoms with van der Waals surface area (Å²) in [6.07, 6.45) is 0.722. The first-order chi connectivity index (χ1) is 14.9. The van der Waals surface area contributed by atoms with E-state index in [0.717, 1.165) is 28.9 Å². The summed E-state index contributed by atoms with van der Waals surface area (Å²) >= 11 is 0. The molecule has 0 radical (unpaired) electrons. The molecular formula is C25H30O6. The maximum absolute atomic E-state index is 11.3. The van der Waals surface area contributed by atoms with E-state index in [2.05, 4.69) is 13.2 Å². The average molecular weight is 427 g/mol. The van der Waals surface area contributed by atoms with Crippen molar-refractivity contribution in [3.8, 4) is 22.6 Å². The maximum Gasteiger partial charge on any atom is 0.333 e. The normalized spacial score (nSPS) is 9.65. The summed E-state index contributed by atoms with van der Waals surface area (Å²) in [5, 5.41) is 0. The van der Waals surface area contributed by atoms with Crippen LogP contribution in [-0.2, 0) is 19.1 Å². The molecule has 0 heterocycles. The highest BCUT2D eigenvalue weighted by molar-refractivity contribution is 5.86. The number of carbonyl (C=O) groups is 2. The number of carbonyl (C=O) groups excluding carboxylic acids is 2. The van der Waals surface area contributed by atoms with E-state index in [1.807, 2.05) is 48.5 Å². The third-order valence-electron chi connectivity index (χ3n) is 3.73. The highest BCUT2D eigenvalue weighted by Gasteiger charge is 2.03. The van der Waals surface area contributed by atoms with Crippen molar-refractivity contribution in [1.82, 2.24) is 0 Å². The van der Waals surface area contributed by atoms with Crippen LogP contribution in [0, 0.1) is 0 Å². The first-order valence-corrected chi connectivity index (χ1v) is 9.75. The van der Waals surface area contributed by atoms with Gasteiger partial charge in [0.1, 0.15) is 37.6 Å². The molecule has 0 aliphatic rings. The number of methoxy groups -OCH3 is 1. The summed E-state index contributed by atoms with van der Waals surface area (Å²) in [6, 6.07) is 15.6. The van der Waals surface area contributed by atoms with E-state index in [4.69, 9.17) is 18.9 Å². The van der Waals surface area contributed by atoms with E-state index in [9.17, 15) is 9.59 Å². The van der Waals surface area contributed by atoms with Crippen LogP contribution in [0.1, 0.15) is 13.8 Å². The van der Waals surface area contributed by atoms with Crippen LogP contribution < -0.4 is 9.47 Å². The zero-order valence-electron chi connectivity index (χ0n) is 18.4. The van der Waals surface area contributed by atoms with Gasteiger partial charge in [0, 0.05) is 12.7 Å². The molecule has 31 heavy (non-hydrogen) atoms. The molecule has 0 saturated heterocycles. The molecule has 0 aliphatic carbocycles. The molecule has 6 heteroatoms. The van der Waals surface area contributed by atoms with Crippen molar-refractivity contribution in [2.45, 2.75) is 13.8 Å². The Labute approximate surface area is 184 Å². The molecule has 2 aromatic rings. The van der Waals surface area contributed by atoms with Crippen LogP contribution >= 0.6 is 0 Å². The topological polar surface area (TPSA) is 71.1 Å². The molecule has 0 aromatic heterocycles. The van der Waals surface area contributed by atoms with Crippen molar-refractivity contribution in [1.29, 1.82) is 0 Å². The van der Waals surface area contributed by atoms with E-state index in [1.54, 1.807) is 21.0 Å². The minimum Gasteiger partial charge on any atom is -0.491 e. The first kappa shape index (κ1) is 25.7. The molecule has 166 valence electrons. The van der Waals surface area contributed by atoms with Gasteiger partial charge in [-0.15, -0.1) is 0 Å². The lowest BCUT2D eigenvalue weighted by Gasteiger charge is -2.09. The summed E-state index contributed by atoms with van der Waals surface area (Å²) < 4.78 is 21.1. The Bertz CT molecular complexity index is 837. The Morgan fingerprint density at radius 1 is 0.806 bits per heavy atom. The Hall–Kier alpha value is -3.38. The van der Waals surface area contributed by atoms with E-state index in [-0.39, 0.29) is 6.61 Å². The molecule has 0 atom stereocenters. The van der Waals surface area contributed by atoms with Crippen LogP contribution in [0.15, 0.2) is 72.8 Å². The van der Waals surface area contributed by atoms with Gasteiger partial charge < -0.3 is 18.9 Å². The van der Waals surface area contributed by atoms with Gasteiger partial charge in [-0.3, -0.25) is 4.79 Å². The molecule has 2 aromatic carbocycles. The first-order valence-electron chi connectivity index (χ1n) is 9.75. The van der Waals surface area contributed by atoms with Crippen molar-refractivity contribution >= 4 is 12.3 Å². The maximum atomic E-state index is 11.3. The van der Waals surface area contributed by atoms with Crippen molar-refractivity contribution < 1.29 is 28.5 Å². The molecule has 0 bridgehead atoms. The summed E-state index contributed by atoms with van der Waals surface area (Å²) in [5.74, 6) is 1.13. The van der Waals surface area contributed by atoms with Crippen LogP contribution in [0.3, 0.4) is 0 Å². The molecule has 0 unspecified atom stereocenters. The second-order valence-electron chi connectivity index (χ2n) is 6.62. The number of esters is 1. The van der Waals surface area contributed by atoms with Gasteiger partial charge in [0.25, 0.3) is 0 Å². The lowest BCUT2D eigenvalue weighted by Crippen LogP contribution is -2.12. The fourth-order valence-electron chi connectivity index (χ4n) is 2.15. The molecule has 0 saturated carbocycles. The number of rotatable bonds is 11. The predicted molar refractivity (Wildman–Crippen MR) is 121 cm³/mol. The van der Waals surface area contributed by atoms with Crippen molar-refractivity contribution in [2.75, 3.05) is 33.5 Å². The largest absolute Gasteiger partial charge is 0.491 e. The van der Waals surface area contributed by atoms with Gasteiger partial charge >= 0.3 is 5.97 Å². The van der Waals surface area contributed by atoms with Crippen molar-refractivity contribution in [3.05, 3.63) is 72.8 Å². The van der Waals surface area contributed by atoms with E-state index in [1.165, 1.54) is 0 Å². The minimum absolute atomic E-state index is 0.192. The van der Waals surface area contributed by atoms with Gasteiger partial charge in [-0.05, 0) is 54.8 Å². The lowest BCUT2D eigenvalue weighted by molar-refractivity contribution is -0.139. The fraction of sp³-hybridized carbons (Fsp3) is 0.280. The van der Waals surface area contributed by atoms with Gasteiger partial charge in [0.05, 0.1) is 6.61 Å². The molecule has 6 nitrogen and oxygen atoms in total. The van der Waals surface area contributed by atoms with Gasteiger partial charge in [-0.2, -0.15) is 0 Å². The number of allylic oxidation sites excluding steroid dienone is 1. The van der Waals surface area contributed by atoms with Crippen LogP contribution in [0.25, 0.3) is 11.1 Å². The second kappa shape index (κ2) is 14.6. The average Bonchev–Trinajstić information content (AvgIpc) is 2.78. The van der Waals surface area contributed by atoms with Crippen LogP contribution in [0.5, 0.6) is 11.5 Å². The van der Waals surface area contributed by atoms with Gasteiger partial charge in [0.2, 0.25) is 0 Å². The molecule has 0 amide bonds. The smallest absolute Gasteiger partial charge is 0.333 e. The molecule has 0 aliphatic heterocycles. The Morgan fingerprint density at radius 3 is 1.58 bits per heavy atom. The zero-order valence-corrected chi connectivity index (χ0v) is 18.4. The molecular weight excluding hydrogens is 396 g/mol. The standard InChI is InChI=1S/C21H24O5.C4H6O/c1-16(2)21(22)26-15-14-25-20-10-6-18(7-11-20)17-4-8-19(9-5-17)24-13-12-23-3;1-4(2)3-5/h4-11H,1,12-15H2,2-3H3;3H,1H2,2H3. The van der Waals surface area contributed by atoms with Crippen LogP contribution in [0.4, 0.5) is 0 Å². The lowest BCUT2D eigenvalue weighted by atomic mass is 10.1. The SMILES string of the molecule is C=C(C)C(=O)OCCOc1ccc(-c2ccc(OCCOC)cc2)cc1.C=C(C)C=O. The van der Waals surface area contributed by atoms with Gasteiger partial charge in [-0.25, -0.2) is 4.79 Å². The molecule has 2 rings (SSSR count). The third kappa shape index (κ3) is 10.8. The molecule has 0 fully saturated rings. The van der Waals surface area contributed by atoms with Crippen molar-refractivity contribution in [3.63, 3.8) is 0 Å². The molecule has 0 N–H and O–H groups in total. The molecule has 0 spiro atoms. The number of ether oxygens (including phenoxy) is 4. The quantitative estimate of drug-likeness (QED) is 0.226. The van der Waals surface area contributed by atoms with Gasteiger partial charge in [-0.1, -0.05) is 37.4 Å². The number of aldehydes is 1. The monoisotopic (exact) mass is 426 g/mol. The van der Waals surface area contributed by atoms with Gasteiger partial charge in [0.15, 0.2) is 0 Å². The van der Waals surface area contributed by atoms with Crippen LogP contribution in [-0.4, -0.2) is 45.8 Å². The van der Waals surface area contributed by atoms with Crippen molar-refractivity contribution in [2.24, 2.45) is 0 Å². The van der Waals surface area contributed by atoms with E-state index in [0.29, 0.717) is 31.0 Å². The summed E-state index contributed by atoms with van der Waals surface area (Å²) in [4.78, 5) is 20.7. The summed E-state index contributed by atoms with van der Waals surface area (Å²) in [6.45, 7) is 11.7. The highest BCUT2D eigenvalue weighted by atomic mass is 16.6. The van der Waals surface area contributed by atoms with Crippen LogP contribution in [0.2, 0.25) is 0 Å². The van der Waals surface area contributed by atoms with E-state index < -0.39 is 5.97 Å². The summed E-state index contributed by atoms with van der Waals surface area (Å²) in [7, 11) is 1.65. The Morgan fingerprint density at radius 2 is 1.23 bits per heavy atom. The zero-order chi connectivity index (χ0) is 23.1. The Balaban J connectivity index is 0.000000861. The number of hydrogen-bond acceptors (Lipinski definition) is 6. The number of hydrogen-bond donors (Lipinski definition) is 0. The van der Waals surface area contributed by atoms with E-state index >= 15 is 0 Å². The third-order valence-corrected chi connectivity index (χ3v) is 3.73. The number of benzene rings is 2. The Kier molecular flexibility index (Phi) is 12.1. The summed E-state index contributed by atoms with van der Waals surface area (Å²) in [5.41, 5.74) is 3.12. The minimum atomic E-state index is -0.404.